The van der Waals surface area contributed by atoms with E-state index in [-0.39, 0.29) is 32.0 Å². The highest BCUT2D eigenvalue weighted by Crippen LogP contribution is 2.43. The predicted molar refractivity (Wildman–Crippen MR) is 445 cm³/mol. The summed E-state index contributed by atoms with van der Waals surface area (Å²) in [6.07, 6.45) is 120. The van der Waals surface area contributed by atoms with Crippen molar-refractivity contribution in [3.63, 3.8) is 0 Å². The van der Waals surface area contributed by atoms with E-state index in [9.17, 15) is 19.0 Å². The Hall–Kier alpha value is -4.11. The topological polar surface area (TPSA) is 108 Å². The van der Waals surface area contributed by atoms with Crippen LogP contribution in [0.4, 0.5) is 0 Å². The average molecular weight is 1440 g/mol. The lowest BCUT2D eigenvalue weighted by molar-refractivity contribution is -0.870. The van der Waals surface area contributed by atoms with E-state index >= 15 is 0 Å². The van der Waals surface area contributed by atoms with Gasteiger partial charge in [-0.2, -0.15) is 0 Å². The molecule has 0 amide bonds. The number of nitrogens with zero attached hydrogens (tertiary/aromatic N) is 1. The van der Waals surface area contributed by atoms with Crippen LogP contribution in [0.3, 0.4) is 0 Å². The molecule has 0 aliphatic rings. The van der Waals surface area contributed by atoms with Gasteiger partial charge in [0, 0.05) is 12.8 Å². The van der Waals surface area contributed by atoms with Crippen molar-refractivity contribution in [2.75, 3.05) is 47.5 Å². The second-order valence-electron chi connectivity index (χ2n) is 29.5. The van der Waals surface area contributed by atoms with Crippen LogP contribution >= 0.6 is 7.82 Å². The van der Waals surface area contributed by atoms with E-state index in [0.29, 0.717) is 17.4 Å². The lowest BCUT2D eigenvalue weighted by atomic mass is 10.0. The molecule has 102 heavy (non-hydrogen) atoms. The Morgan fingerprint density at radius 1 is 0.314 bits per heavy atom. The lowest BCUT2D eigenvalue weighted by Crippen LogP contribution is -2.37. The summed E-state index contributed by atoms with van der Waals surface area (Å²) in [6, 6.07) is 0. The molecule has 0 heterocycles. The fourth-order valence-electron chi connectivity index (χ4n) is 11.9. The normalized spacial score (nSPS) is 13.7. The molecule has 0 bridgehead atoms. The van der Waals surface area contributed by atoms with E-state index < -0.39 is 26.5 Å². The van der Waals surface area contributed by atoms with E-state index in [1.54, 1.807) is 0 Å². The van der Waals surface area contributed by atoms with Crippen LogP contribution in [-0.2, 0) is 32.7 Å². The molecule has 0 fully saturated rings. The van der Waals surface area contributed by atoms with Crippen LogP contribution in [0.1, 0.15) is 373 Å². The van der Waals surface area contributed by atoms with Crippen molar-refractivity contribution < 1.29 is 42.1 Å². The molecular weight excluding hydrogens is 1280 g/mol. The molecule has 0 saturated heterocycles. The van der Waals surface area contributed by atoms with E-state index in [2.05, 4.69) is 160 Å². The number of phosphoric ester groups is 1. The molecule has 0 aromatic carbocycles. The molecular formula is C92H161NO8P+. The maximum absolute atomic E-state index is 12.9. The van der Waals surface area contributed by atoms with Gasteiger partial charge in [-0.15, -0.1) is 0 Å². The molecule has 0 aromatic rings. The first-order chi connectivity index (χ1) is 50.0. The second-order valence-corrected chi connectivity index (χ2v) is 30.9. The second kappa shape index (κ2) is 81.0. The standard InChI is InChI=1S/C92H160NO8P/c1-6-8-10-12-14-16-18-20-22-24-26-28-30-32-34-36-38-40-42-44-46-48-50-52-54-56-58-60-62-64-66-68-70-72-74-76-78-80-82-84-91(94)98-88-90(89-100-102(96,97)99-87-86-93(3,4)5)101-92(95)85-83-81-79-77-75-73-71-69-67-65-63-61-59-57-55-53-51-49-47-45-43-41-39-37-35-33-31-29-27-25-23-21-19-17-15-13-11-9-7-2/h9,11,15,17-18,20-21,23-24,26-27,29,33,35,39,41,45,47,51,53,57,59,63,65,90H,6-8,10,12-14,16,19,22,25,28,30-32,34,36-38,40,42-44,46,48-50,52,54-56,58,60-62,64,66-89H2,1-5H3/p+1/b11-9-,17-15-,20-18-,23-21-,26-24-,29-27-,35-33-,41-39-,47-45-,53-51-,59-57-,65-63-. The number of unbranched alkanes of at least 4 members (excludes halogenated alkanes) is 40. The molecule has 0 aliphatic heterocycles. The van der Waals surface area contributed by atoms with Gasteiger partial charge in [0.1, 0.15) is 19.8 Å². The summed E-state index contributed by atoms with van der Waals surface area (Å²) in [5.74, 6) is -0.800. The predicted octanol–water partition coefficient (Wildman–Crippen LogP) is 28.8. The van der Waals surface area contributed by atoms with Gasteiger partial charge in [-0.1, -0.05) is 384 Å². The number of rotatable bonds is 78. The van der Waals surface area contributed by atoms with Gasteiger partial charge in [0.25, 0.3) is 0 Å². The Labute approximate surface area is 631 Å². The minimum atomic E-state index is -4.41. The fraction of sp³-hybridized carbons (Fsp3) is 0.717. The summed E-state index contributed by atoms with van der Waals surface area (Å²) >= 11 is 0. The summed E-state index contributed by atoms with van der Waals surface area (Å²) < 4.78 is 34.8. The monoisotopic (exact) mass is 1440 g/mol. The van der Waals surface area contributed by atoms with E-state index in [4.69, 9.17) is 18.5 Å². The minimum absolute atomic E-state index is 0.0253. The van der Waals surface area contributed by atoms with E-state index in [0.717, 1.165) is 116 Å². The highest BCUT2D eigenvalue weighted by atomic mass is 31.2. The van der Waals surface area contributed by atoms with Crippen molar-refractivity contribution in [3.05, 3.63) is 146 Å². The Bertz CT molecular complexity index is 2240. The summed E-state index contributed by atoms with van der Waals surface area (Å²) in [5.41, 5.74) is 0. The summed E-state index contributed by atoms with van der Waals surface area (Å²) in [6.45, 7) is 4.33. The summed E-state index contributed by atoms with van der Waals surface area (Å²) in [4.78, 5) is 36.0. The number of hydrogen-bond acceptors (Lipinski definition) is 7. The Kier molecular flexibility index (Phi) is 77.7. The maximum Gasteiger partial charge on any atom is 0.472 e. The summed E-state index contributed by atoms with van der Waals surface area (Å²) in [5, 5.41) is 0. The summed E-state index contributed by atoms with van der Waals surface area (Å²) in [7, 11) is 1.47. The first-order valence-electron chi connectivity index (χ1n) is 42.6. The van der Waals surface area contributed by atoms with Crippen molar-refractivity contribution in [1.82, 2.24) is 0 Å². The maximum atomic E-state index is 12.9. The lowest BCUT2D eigenvalue weighted by Gasteiger charge is -2.24. The zero-order valence-electron chi connectivity index (χ0n) is 67.1. The molecule has 1 N–H and O–H groups in total. The molecule has 0 radical (unpaired) electrons. The SMILES string of the molecule is CC/C=C\C/C=C\C/C=C\C/C=C\C/C=C\C/C=C\C/C=C\C/C=C\C/C=C\C/C=C\CCCCCCCCCCC(=O)OC(COC(=O)CCCCCCCCCCCCCCCCCCCCCCCCCCCCC/C=C\C/C=C\CCCCCCC)COP(=O)(O)OCC[N+](C)(C)C. The Morgan fingerprint density at radius 2 is 0.559 bits per heavy atom. The quantitative estimate of drug-likeness (QED) is 0.0211. The number of quaternary nitrogens is 1. The number of carbonyl (C=O) groups is 2. The molecule has 0 aliphatic carbocycles. The van der Waals surface area contributed by atoms with Crippen molar-refractivity contribution in [2.24, 2.45) is 0 Å². The van der Waals surface area contributed by atoms with Crippen LogP contribution in [0.2, 0.25) is 0 Å². The third-order valence-electron chi connectivity index (χ3n) is 18.4. The van der Waals surface area contributed by atoms with Gasteiger partial charge in [-0.25, -0.2) is 4.57 Å². The third-order valence-corrected chi connectivity index (χ3v) is 19.3. The number of allylic oxidation sites excluding steroid dienone is 24. The molecule has 0 saturated carbocycles. The van der Waals surface area contributed by atoms with Gasteiger partial charge in [-0.3, -0.25) is 18.6 Å². The molecule has 2 atom stereocenters. The first kappa shape index (κ1) is 97.9. The van der Waals surface area contributed by atoms with Crippen molar-refractivity contribution in [1.29, 1.82) is 0 Å². The van der Waals surface area contributed by atoms with Crippen molar-refractivity contribution >= 4 is 19.8 Å². The van der Waals surface area contributed by atoms with Crippen LogP contribution < -0.4 is 0 Å². The zero-order chi connectivity index (χ0) is 74.0. The zero-order valence-corrected chi connectivity index (χ0v) is 68.0. The number of carbonyl (C=O) groups excluding carboxylic acids is 2. The number of phosphoric acid groups is 1. The van der Waals surface area contributed by atoms with Crippen LogP contribution in [0.15, 0.2) is 146 Å². The Balaban J connectivity index is 3.98. The largest absolute Gasteiger partial charge is 0.472 e. The van der Waals surface area contributed by atoms with Gasteiger partial charge < -0.3 is 18.9 Å². The number of ether oxygens (including phenoxy) is 2. The van der Waals surface area contributed by atoms with E-state index in [1.807, 2.05) is 21.1 Å². The van der Waals surface area contributed by atoms with Gasteiger partial charge in [0.2, 0.25) is 0 Å². The smallest absolute Gasteiger partial charge is 0.462 e. The van der Waals surface area contributed by atoms with E-state index in [1.165, 1.54) is 225 Å². The number of hydrogen-bond donors (Lipinski definition) is 1. The van der Waals surface area contributed by atoms with Crippen molar-refractivity contribution in [3.8, 4) is 0 Å². The third kappa shape index (κ3) is 84.8. The molecule has 9 nitrogen and oxygen atoms in total. The highest BCUT2D eigenvalue weighted by molar-refractivity contribution is 7.47. The van der Waals surface area contributed by atoms with Crippen LogP contribution in [0, 0.1) is 0 Å². The first-order valence-corrected chi connectivity index (χ1v) is 44.1. The van der Waals surface area contributed by atoms with Crippen LogP contribution in [0.5, 0.6) is 0 Å². The van der Waals surface area contributed by atoms with Crippen molar-refractivity contribution in [2.45, 2.75) is 380 Å². The molecule has 10 heteroatoms. The van der Waals surface area contributed by atoms with Gasteiger partial charge in [-0.05, 0) is 122 Å². The molecule has 0 rings (SSSR count). The number of likely N-dealkylation sites (N-methyl/N-ethyl adjacent to an activating group) is 1. The van der Waals surface area contributed by atoms with Crippen LogP contribution in [0.25, 0.3) is 0 Å². The highest BCUT2D eigenvalue weighted by Gasteiger charge is 2.27. The Morgan fingerprint density at radius 3 is 0.833 bits per heavy atom. The minimum Gasteiger partial charge on any atom is -0.462 e. The van der Waals surface area contributed by atoms with Gasteiger partial charge in [0.15, 0.2) is 6.10 Å². The van der Waals surface area contributed by atoms with Crippen LogP contribution in [-0.4, -0.2) is 74.9 Å². The molecule has 0 aromatic heterocycles. The number of esters is 2. The molecule has 0 spiro atoms. The fourth-order valence-corrected chi connectivity index (χ4v) is 12.6. The molecule has 586 valence electrons. The van der Waals surface area contributed by atoms with Gasteiger partial charge in [0.05, 0.1) is 27.7 Å². The van der Waals surface area contributed by atoms with Gasteiger partial charge >= 0.3 is 19.8 Å². The molecule has 2 unspecified atom stereocenters. The average Bonchev–Trinajstić information content (AvgIpc) is 0.914.